The van der Waals surface area contributed by atoms with Crippen molar-refractivity contribution in [3.05, 3.63) is 23.8 Å². The van der Waals surface area contributed by atoms with Crippen molar-refractivity contribution in [2.75, 3.05) is 0 Å². The highest BCUT2D eigenvalue weighted by molar-refractivity contribution is 5.97. The van der Waals surface area contributed by atoms with E-state index in [2.05, 4.69) is 0 Å². The van der Waals surface area contributed by atoms with Gasteiger partial charge >= 0.3 is 12.1 Å². The lowest BCUT2D eigenvalue weighted by Crippen LogP contribution is -2.29. The average molecular weight is 282 g/mol. The molecule has 0 aromatic heterocycles. The number of alkyl halides is 3. The van der Waals surface area contributed by atoms with Gasteiger partial charge in [0, 0.05) is 0 Å². The fourth-order valence-electron chi connectivity index (χ4n) is 0.792. The van der Waals surface area contributed by atoms with Crippen LogP contribution < -0.4 is 11.3 Å². The van der Waals surface area contributed by atoms with E-state index in [4.69, 9.17) is 26.0 Å². The molecule has 0 heterocycles. The molecule has 0 aliphatic rings. The number of phenolic OH excluding ortho intramolecular Hbond substituents is 2. The predicted octanol–water partition coefficient (Wildman–Crippen LogP) is 0.335. The monoisotopic (exact) mass is 282 g/mol. The summed E-state index contributed by atoms with van der Waals surface area (Å²) in [4.78, 5) is 19.8. The first-order chi connectivity index (χ1) is 8.61. The Morgan fingerprint density at radius 2 is 1.68 bits per heavy atom. The summed E-state index contributed by atoms with van der Waals surface area (Å²) < 4.78 is 31.7. The molecule has 0 saturated heterocycles. The van der Waals surface area contributed by atoms with Crippen LogP contribution in [0, 0.1) is 0 Å². The van der Waals surface area contributed by atoms with Crippen LogP contribution in [0.3, 0.4) is 0 Å². The number of para-hydroxylation sites is 1. The number of rotatable bonds is 1. The molecule has 7 nitrogen and oxygen atoms in total. The van der Waals surface area contributed by atoms with Crippen LogP contribution in [-0.2, 0) is 4.79 Å². The molecular weight excluding hydrogens is 273 g/mol. The van der Waals surface area contributed by atoms with Gasteiger partial charge in [0.25, 0.3) is 5.91 Å². The maximum Gasteiger partial charge on any atom is 0.490 e. The zero-order chi connectivity index (χ0) is 15.2. The second-order valence-corrected chi connectivity index (χ2v) is 2.95. The fraction of sp³-hybridized carbons (Fsp3) is 0.111. The van der Waals surface area contributed by atoms with E-state index in [0.29, 0.717) is 0 Å². The minimum absolute atomic E-state index is 0.0579. The van der Waals surface area contributed by atoms with E-state index in [1.807, 2.05) is 5.43 Å². The van der Waals surface area contributed by atoms with Gasteiger partial charge in [0.2, 0.25) is 0 Å². The van der Waals surface area contributed by atoms with Gasteiger partial charge in [-0.25, -0.2) is 10.6 Å². The van der Waals surface area contributed by atoms with Gasteiger partial charge in [-0.15, -0.1) is 0 Å². The van der Waals surface area contributed by atoms with E-state index < -0.39 is 23.8 Å². The highest BCUT2D eigenvalue weighted by Crippen LogP contribution is 2.27. The van der Waals surface area contributed by atoms with Crippen molar-refractivity contribution in [1.82, 2.24) is 5.43 Å². The largest absolute Gasteiger partial charge is 0.504 e. The van der Waals surface area contributed by atoms with Crippen molar-refractivity contribution in [3.8, 4) is 11.5 Å². The lowest BCUT2D eigenvalue weighted by molar-refractivity contribution is -0.192. The summed E-state index contributed by atoms with van der Waals surface area (Å²) in [6.45, 7) is 0. The normalized spacial score (nSPS) is 10.1. The van der Waals surface area contributed by atoms with Crippen molar-refractivity contribution in [1.29, 1.82) is 0 Å². The van der Waals surface area contributed by atoms with E-state index in [0.717, 1.165) is 0 Å². The molecule has 10 heteroatoms. The third kappa shape index (κ3) is 5.12. The second-order valence-electron chi connectivity index (χ2n) is 2.95. The molecule has 0 aliphatic carbocycles. The Morgan fingerprint density at radius 3 is 2.05 bits per heavy atom. The Bertz CT molecular complexity index is 475. The Balaban J connectivity index is 0.000000399. The SMILES string of the molecule is NNC(=O)c1cccc(O)c1O.O=C(O)C(F)(F)F. The zero-order valence-corrected chi connectivity index (χ0v) is 9.10. The topological polar surface area (TPSA) is 133 Å². The first-order valence-corrected chi connectivity index (χ1v) is 4.43. The quantitative estimate of drug-likeness (QED) is 0.218. The zero-order valence-electron chi connectivity index (χ0n) is 9.10. The van der Waals surface area contributed by atoms with Gasteiger partial charge in [-0.2, -0.15) is 13.2 Å². The molecule has 0 unspecified atom stereocenters. The number of phenols is 2. The molecule has 106 valence electrons. The molecule has 0 fully saturated rings. The number of hydrogen-bond acceptors (Lipinski definition) is 5. The molecule has 6 N–H and O–H groups in total. The Labute approximate surface area is 104 Å². The van der Waals surface area contributed by atoms with E-state index in [1.54, 1.807) is 0 Å². The van der Waals surface area contributed by atoms with Crippen LogP contribution in [0.1, 0.15) is 10.4 Å². The predicted molar refractivity (Wildman–Crippen MR) is 55.1 cm³/mol. The molecule has 0 atom stereocenters. The summed E-state index contributed by atoms with van der Waals surface area (Å²) in [6, 6.07) is 4.04. The standard InChI is InChI=1S/C7H8N2O3.C2HF3O2/c8-9-7(12)4-2-1-3-5(10)6(4)11;3-2(4,5)1(6)7/h1-3,10-11H,8H2,(H,9,12);(H,6,7). The maximum absolute atomic E-state index is 10.9. The van der Waals surface area contributed by atoms with Crippen molar-refractivity contribution in [2.24, 2.45) is 5.84 Å². The number of carboxylic acid groups (broad SMARTS) is 1. The number of carbonyl (C=O) groups excluding carboxylic acids is 1. The summed E-state index contributed by atoms with van der Waals surface area (Å²) in [5.74, 6) is 0.602. The van der Waals surface area contributed by atoms with Crippen LogP contribution >= 0.6 is 0 Å². The molecule has 19 heavy (non-hydrogen) atoms. The van der Waals surface area contributed by atoms with Gasteiger partial charge in [0.15, 0.2) is 11.5 Å². The van der Waals surface area contributed by atoms with Crippen LogP contribution in [0.25, 0.3) is 0 Å². The van der Waals surface area contributed by atoms with Crippen LogP contribution in [-0.4, -0.2) is 33.4 Å². The van der Waals surface area contributed by atoms with Crippen LogP contribution in [0.4, 0.5) is 13.2 Å². The number of aromatic hydroxyl groups is 2. The number of benzene rings is 1. The van der Waals surface area contributed by atoms with Crippen LogP contribution in [0.5, 0.6) is 11.5 Å². The number of hydrazine groups is 1. The number of nitrogens with one attached hydrogen (secondary N) is 1. The summed E-state index contributed by atoms with van der Waals surface area (Å²) in [5.41, 5.74) is 1.78. The molecule has 1 aromatic rings. The smallest absolute Gasteiger partial charge is 0.490 e. The van der Waals surface area contributed by atoms with Crippen molar-refractivity contribution in [3.63, 3.8) is 0 Å². The molecule has 1 amide bonds. The van der Waals surface area contributed by atoms with Gasteiger partial charge in [-0.1, -0.05) is 6.07 Å². The average Bonchev–Trinajstić information content (AvgIpc) is 2.31. The molecule has 1 aromatic carbocycles. The molecule has 0 radical (unpaired) electrons. The highest BCUT2D eigenvalue weighted by Gasteiger charge is 2.38. The van der Waals surface area contributed by atoms with Crippen LogP contribution in [0.15, 0.2) is 18.2 Å². The number of amides is 1. The van der Waals surface area contributed by atoms with E-state index in [-0.39, 0.29) is 11.3 Å². The van der Waals surface area contributed by atoms with Crippen molar-refractivity contribution >= 4 is 11.9 Å². The van der Waals surface area contributed by atoms with E-state index in [1.165, 1.54) is 18.2 Å². The molecule has 0 bridgehead atoms. The minimum atomic E-state index is -5.08. The summed E-state index contributed by atoms with van der Waals surface area (Å²) >= 11 is 0. The van der Waals surface area contributed by atoms with Gasteiger partial charge in [0.1, 0.15) is 0 Å². The molecular formula is C9H9F3N2O5. The highest BCUT2D eigenvalue weighted by atomic mass is 19.4. The summed E-state index contributed by atoms with van der Waals surface area (Å²) in [5, 5.41) is 25.2. The number of nitrogen functional groups attached to an aromatic ring is 1. The number of hydrogen-bond donors (Lipinski definition) is 5. The lowest BCUT2D eigenvalue weighted by atomic mass is 10.2. The van der Waals surface area contributed by atoms with Crippen LogP contribution in [0.2, 0.25) is 0 Å². The number of nitrogens with two attached hydrogens (primary N) is 1. The molecule has 0 saturated carbocycles. The summed E-state index contributed by atoms with van der Waals surface area (Å²) in [6.07, 6.45) is -5.08. The Hall–Kier alpha value is -2.49. The number of aliphatic carboxylic acids is 1. The summed E-state index contributed by atoms with van der Waals surface area (Å²) in [7, 11) is 0. The third-order valence-electron chi connectivity index (χ3n) is 1.63. The van der Waals surface area contributed by atoms with Gasteiger partial charge < -0.3 is 15.3 Å². The molecule has 1 rings (SSSR count). The van der Waals surface area contributed by atoms with Gasteiger partial charge in [0.05, 0.1) is 5.56 Å². The van der Waals surface area contributed by atoms with E-state index in [9.17, 15) is 18.0 Å². The Kier molecular flexibility index (Phi) is 5.60. The number of carboxylic acids is 1. The van der Waals surface area contributed by atoms with E-state index >= 15 is 0 Å². The first kappa shape index (κ1) is 16.5. The Morgan fingerprint density at radius 1 is 1.21 bits per heavy atom. The fourth-order valence-corrected chi connectivity index (χ4v) is 0.792. The molecule has 0 spiro atoms. The third-order valence-corrected chi connectivity index (χ3v) is 1.63. The van der Waals surface area contributed by atoms with Gasteiger partial charge in [-0.05, 0) is 12.1 Å². The minimum Gasteiger partial charge on any atom is -0.504 e. The molecule has 0 aliphatic heterocycles. The first-order valence-electron chi connectivity index (χ1n) is 4.43. The lowest BCUT2D eigenvalue weighted by Gasteiger charge is -2.03. The van der Waals surface area contributed by atoms with Gasteiger partial charge in [-0.3, -0.25) is 10.2 Å². The van der Waals surface area contributed by atoms with Crippen molar-refractivity contribution in [2.45, 2.75) is 6.18 Å². The second kappa shape index (κ2) is 6.44. The van der Waals surface area contributed by atoms with Crippen molar-refractivity contribution < 1.29 is 38.1 Å². The number of halogens is 3. The maximum atomic E-state index is 10.9. The number of carbonyl (C=O) groups is 2.